The molecule has 5 nitrogen and oxygen atoms in total. The zero-order valence-corrected chi connectivity index (χ0v) is 14.9. The van der Waals surface area contributed by atoms with E-state index in [0.717, 1.165) is 51.4 Å². The van der Waals surface area contributed by atoms with Crippen LogP contribution in [0.15, 0.2) is 24.3 Å². The summed E-state index contributed by atoms with van der Waals surface area (Å²) in [4.78, 5) is 17.0. The van der Waals surface area contributed by atoms with Crippen LogP contribution in [0, 0.1) is 18.3 Å². The minimum absolute atomic E-state index is 0.0768. The molecule has 0 spiro atoms. The smallest absolute Gasteiger partial charge is 0.227 e. The molecule has 2 saturated heterocycles. The third-order valence-electron chi connectivity index (χ3n) is 5.11. The highest BCUT2D eigenvalue weighted by Gasteiger charge is 2.24. The summed E-state index contributed by atoms with van der Waals surface area (Å²) < 4.78 is 5.49. The fourth-order valence-corrected chi connectivity index (χ4v) is 3.57. The second-order valence-corrected chi connectivity index (χ2v) is 6.91. The largest absolute Gasteiger partial charge is 0.377 e. The molecule has 1 amide bonds. The quantitative estimate of drug-likeness (QED) is 0.853. The van der Waals surface area contributed by atoms with Crippen LogP contribution < -0.4 is 10.2 Å². The Labute approximate surface area is 150 Å². The fraction of sp³-hybridized carbons (Fsp3) is 0.550. The molecule has 2 fully saturated rings. The Hall–Kier alpha value is -2.03. The number of piperidine rings is 1. The van der Waals surface area contributed by atoms with Gasteiger partial charge in [0.1, 0.15) is 0 Å². The molecule has 0 aliphatic carbocycles. The van der Waals surface area contributed by atoms with E-state index >= 15 is 0 Å². The lowest BCUT2D eigenvalue weighted by atomic mass is 9.96. The van der Waals surface area contributed by atoms with Crippen molar-refractivity contribution in [1.82, 2.24) is 4.90 Å². The first-order valence-corrected chi connectivity index (χ1v) is 9.08. The predicted molar refractivity (Wildman–Crippen MR) is 101 cm³/mol. The molecule has 1 aromatic carbocycles. The molecule has 0 bridgehead atoms. The number of terminal acetylenes is 1. The molecule has 2 aliphatic heterocycles. The Morgan fingerprint density at radius 1 is 1.28 bits per heavy atom. The summed E-state index contributed by atoms with van der Waals surface area (Å²) in [5.41, 5.74) is 2.04. The summed E-state index contributed by atoms with van der Waals surface area (Å²) in [5, 5.41) is 3.06. The molecule has 2 aliphatic rings. The monoisotopic (exact) mass is 341 g/mol. The van der Waals surface area contributed by atoms with Crippen LogP contribution >= 0.6 is 0 Å². The van der Waals surface area contributed by atoms with E-state index in [2.05, 4.69) is 40.1 Å². The number of morpholine rings is 1. The molecule has 0 unspecified atom stereocenters. The van der Waals surface area contributed by atoms with Gasteiger partial charge in [-0.15, -0.1) is 6.42 Å². The van der Waals surface area contributed by atoms with Crippen LogP contribution in [-0.4, -0.2) is 56.2 Å². The number of hydrogen-bond donors (Lipinski definition) is 1. The number of carbonyl (C=O) groups is 1. The Bertz CT molecular complexity index is 615. The number of rotatable bonds is 4. The van der Waals surface area contributed by atoms with Gasteiger partial charge in [0.15, 0.2) is 0 Å². The normalized spacial score (nSPS) is 22.4. The average molecular weight is 341 g/mol. The minimum Gasteiger partial charge on any atom is -0.377 e. The SMILES string of the molecule is C#CCN1CCC(C(=O)Nc2ccc(N3CCOC[C@@H]3C)cc2)CC1. The van der Waals surface area contributed by atoms with Crippen LogP contribution in [0.25, 0.3) is 0 Å². The van der Waals surface area contributed by atoms with Gasteiger partial charge in [-0.2, -0.15) is 0 Å². The summed E-state index contributed by atoms with van der Waals surface area (Å²) in [6.45, 7) is 7.07. The van der Waals surface area contributed by atoms with E-state index in [9.17, 15) is 4.79 Å². The van der Waals surface area contributed by atoms with Crippen LogP contribution in [0.1, 0.15) is 19.8 Å². The number of nitrogens with zero attached hydrogens (tertiary/aromatic N) is 2. The first-order chi connectivity index (χ1) is 12.2. The van der Waals surface area contributed by atoms with Crippen molar-refractivity contribution < 1.29 is 9.53 Å². The summed E-state index contributed by atoms with van der Waals surface area (Å²) in [6, 6.07) is 8.51. The van der Waals surface area contributed by atoms with Gasteiger partial charge in [-0.3, -0.25) is 9.69 Å². The van der Waals surface area contributed by atoms with Crippen molar-refractivity contribution in [3.05, 3.63) is 24.3 Å². The van der Waals surface area contributed by atoms with Gasteiger partial charge in [-0.05, 0) is 57.1 Å². The molecule has 25 heavy (non-hydrogen) atoms. The van der Waals surface area contributed by atoms with Gasteiger partial charge in [0, 0.05) is 29.9 Å². The molecule has 0 radical (unpaired) electrons. The number of benzene rings is 1. The van der Waals surface area contributed by atoms with E-state index in [1.165, 1.54) is 5.69 Å². The standard InChI is InChI=1S/C20H27N3O2/c1-3-10-22-11-8-17(9-12-22)20(24)21-18-4-6-19(7-5-18)23-13-14-25-15-16(23)2/h1,4-7,16-17H,8-15H2,2H3,(H,21,24)/t16-/m0/s1. The topological polar surface area (TPSA) is 44.8 Å². The predicted octanol–water partition coefficient (Wildman–Crippen LogP) is 2.20. The molecule has 1 aromatic rings. The van der Waals surface area contributed by atoms with Crippen molar-refractivity contribution in [3.8, 4) is 12.3 Å². The molecule has 0 saturated carbocycles. The van der Waals surface area contributed by atoms with E-state index in [1.807, 2.05) is 12.1 Å². The lowest BCUT2D eigenvalue weighted by Gasteiger charge is -2.35. The van der Waals surface area contributed by atoms with Crippen LogP contribution in [0.4, 0.5) is 11.4 Å². The Morgan fingerprint density at radius 2 is 2.00 bits per heavy atom. The maximum Gasteiger partial charge on any atom is 0.227 e. The summed E-state index contributed by atoms with van der Waals surface area (Å²) in [6.07, 6.45) is 7.09. The molecule has 2 heterocycles. The number of amides is 1. The number of nitrogens with one attached hydrogen (secondary N) is 1. The average Bonchev–Trinajstić information content (AvgIpc) is 2.64. The third-order valence-corrected chi connectivity index (χ3v) is 5.11. The first-order valence-electron chi connectivity index (χ1n) is 9.08. The number of anilines is 2. The third kappa shape index (κ3) is 4.53. The fourth-order valence-electron chi connectivity index (χ4n) is 3.57. The first kappa shape index (κ1) is 17.8. The highest BCUT2D eigenvalue weighted by atomic mass is 16.5. The summed E-state index contributed by atoms with van der Waals surface area (Å²) >= 11 is 0. The minimum atomic E-state index is 0.0768. The van der Waals surface area contributed by atoms with Crippen LogP contribution in [0.2, 0.25) is 0 Å². The second kappa shape index (κ2) is 8.37. The highest BCUT2D eigenvalue weighted by Crippen LogP contribution is 2.23. The van der Waals surface area contributed by atoms with Gasteiger partial charge < -0.3 is 15.0 Å². The molecule has 134 valence electrons. The molecule has 1 N–H and O–H groups in total. The Morgan fingerprint density at radius 3 is 2.64 bits per heavy atom. The van der Waals surface area contributed by atoms with Gasteiger partial charge in [0.05, 0.1) is 19.8 Å². The van der Waals surface area contributed by atoms with Crippen molar-refractivity contribution in [1.29, 1.82) is 0 Å². The Kier molecular flexibility index (Phi) is 5.95. The van der Waals surface area contributed by atoms with E-state index < -0.39 is 0 Å². The maximum atomic E-state index is 12.5. The molecule has 1 atom stereocenters. The zero-order chi connectivity index (χ0) is 17.6. The number of carbonyl (C=O) groups excluding carboxylic acids is 1. The van der Waals surface area contributed by atoms with E-state index in [-0.39, 0.29) is 11.8 Å². The van der Waals surface area contributed by atoms with Crippen molar-refractivity contribution in [2.24, 2.45) is 5.92 Å². The maximum absolute atomic E-state index is 12.5. The molecule has 3 rings (SSSR count). The second-order valence-electron chi connectivity index (χ2n) is 6.91. The number of likely N-dealkylation sites (tertiary alicyclic amines) is 1. The van der Waals surface area contributed by atoms with Crippen molar-refractivity contribution in [2.75, 3.05) is 49.6 Å². The number of ether oxygens (including phenoxy) is 1. The summed E-state index contributed by atoms with van der Waals surface area (Å²) in [5.74, 6) is 2.87. The van der Waals surface area contributed by atoms with Gasteiger partial charge in [-0.25, -0.2) is 0 Å². The molecular weight excluding hydrogens is 314 g/mol. The van der Waals surface area contributed by atoms with Crippen molar-refractivity contribution in [3.63, 3.8) is 0 Å². The highest BCUT2D eigenvalue weighted by molar-refractivity contribution is 5.92. The van der Waals surface area contributed by atoms with Crippen LogP contribution in [-0.2, 0) is 9.53 Å². The van der Waals surface area contributed by atoms with Crippen molar-refractivity contribution in [2.45, 2.75) is 25.8 Å². The Balaban J connectivity index is 1.53. The van der Waals surface area contributed by atoms with Gasteiger partial charge in [0.25, 0.3) is 0 Å². The van der Waals surface area contributed by atoms with Gasteiger partial charge in [-0.1, -0.05) is 5.92 Å². The van der Waals surface area contributed by atoms with Crippen molar-refractivity contribution >= 4 is 17.3 Å². The summed E-state index contributed by atoms with van der Waals surface area (Å²) in [7, 11) is 0. The lowest BCUT2D eigenvalue weighted by molar-refractivity contribution is -0.121. The zero-order valence-electron chi connectivity index (χ0n) is 14.9. The van der Waals surface area contributed by atoms with E-state index in [4.69, 9.17) is 11.2 Å². The van der Waals surface area contributed by atoms with Gasteiger partial charge in [0.2, 0.25) is 5.91 Å². The van der Waals surface area contributed by atoms with Gasteiger partial charge >= 0.3 is 0 Å². The van der Waals surface area contributed by atoms with Crippen LogP contribution in [0.5, 0.6) is 0 Å². The number of hydrogen-bond acceptors (Lipinski definition) is 4. The van der Waals surface area contributed by atoms with Crippen LogP contribution in [0.3, 0.4) is 0 Å². The van der Waals surface area contributed by atoms with E-state index in [1.54, 1.807) is 0 Å². The lowest BCUT2D eigenvalue weighted by Crippen LogP contribution is -2.43. The molecule has 5 heteroatoms. The van der Waals surface area contributed by atoms with E-state index in [0.29, 0.717) is 12.6 Å². The molecular formula is C20H27N3O2. The molecule has 0 aromatic heterocycles.